The number of nitro benzene ring substituents is 1. The Bertz CT molecular complexity index is 900. The molecule has 0 atom stereocenters. The van der Waals surface area contributed by atoms with Gasteiger partial charge in [-0.3, -0.25) is 10.1 Å². The molecule has 122 valence electrons. The highest BCUT2D eigenvalue weighted by Crippen LogP contribution is 2.19. The van der Waals surface area contributed by atoms with E-state index in [0.29, 0.717) is 0 Å². The van der Waals surface area contributed by atoms with Gasteiger partial charge in [-0.15, -0.1) is 0 Å². The molecule has 0 spiro atoms. The number of nitro groups is 1. The van der Waals surface area contributed by atoms with Gasteiger partial charge in [0, 0.05) is 12.1 Å². The van der Waals surface area contributed by atoms with Gasteiger partial charge in [-0.2, -0.15) is 10.2 Å². The summed E-state index contributed by atoms with van der Waals surface area (Å²) >= 11 is 0. The molecule has 0 aliphatic rings. The van der Waals surface area contributed by atoms with Crippen molar-refractivity contribution in [2.45, 2.75) is 0 Å². The predicted octanol–water partition coefficient (Wildman–Crippen LogP) is 6.18. The fraction of sp³-hybridized carbons (Fsp3) is 0. The second kappa shape index (κ2) is 7.79. The van der Waals surface area contributed by atoms with Gasteiger partial charge in [-0.05, 0) is 47.5 Å². The third kappa shape index (κ3) is 4.68. The lowest BCUT2D eigenvalue weighted by atomic mass is 10.1. The Balaban J connectivity index is 1.66. The average Bonchev–Trinajstić information content (AvgIpc) is 2.67. The fourth-order valence-corrected chi connectivity index (χ4v) is 2.16. The number of rotatable bonds is 5. The van der Waals surface area contributed by atoms with Gasteiger partial charge in [-0.25, -0.2) is 0 Å². The van der Waals surface area contributed by atoms with E-state index in [1.54, 1.807) is 12.1 Å². The smallest absolute Gasteiger partial charge is 0.258 e. The van der Waals surface area contributed by atoms with Crippen LogP contribution < -0.4 is 0 Å². The summed E-state index contributed by atoms with van der Waals surface area (Å²) in [5.74, 6) is 0. The first-order chi connectivity index (χ1) is 12.2. The first-order valence-corrected chi connectivity index (χ1v) is 7.70. The maximum atomic E-state index is 10.6. The van der Waals surface area contributed by atoms with Crippen LogP contribution in [0.4, 0.5) is 17.1 Å². The van der Waals surface area contributed by atoms with Crippen molar-refractivity contribution in [2.75, 3.05) is 0 Å². The molecule has 25 heavy (non-hydrogen) atoms. The van der Waals surface area contributed by atoms with Crippen molar-refractivity contribution >= 4 is 29.2 Å². The lowest BCUT2D eigenvalue weighted by Crippen LogP contribution is -1.86. The molecule has 3 aromatic rings. The van der Waals surface area contributed by atoms with E-state index in [9.17, 15) is 10.1 Å². The molecule has 0 amide bonds. The third-order valence-corrected chi connectivity index (χ3v) is 3.50. The van der Waals surface area contributed by atoms with Crippen molar-refractivity contribution in [1.29, 1.82) is 0 Å². The van der Waals surface area contributed by atoms with E-state index < -0.39 is 4.92 Å². The Labute approximate surface area is 145 Å². The number of benzene rings is 3. The highest BCUT2D eigenvalue weighted by Gasteiger charge is 2.02. The lowest BCUT2D eigenvalue weighted by Gasteiger charge is -1.97. The highest BCUT2D eigenvalue weighted by molar-refractivity contribution is 5.70. The molecular weight excluding hydrogens is 314 g/mol. The minimum Gasteiger partial charge on any atom is -0.258 e. The summed E-state index contributed by atoms with van der Waals surface area (Å²) in [5, 5.41) is 19.0. The van der Waals surface area contributed by atoms with Crippen molar-refractivity contribution in [3.63, 3.8) is 0 Å². The minimum atomic E-state index is -0.407. The van der Waals surface area contributed by atoms with Crippen LogP contribution in [0, 0.1) is 10.1 Å². The van der Waals surface area contributed by atoms with Crippen molar-refractivity contribution in [3.8, 4) is 0 Å². The zero-order valence-electron chi connectivity index (χ0n) is 13.3. The summed E-state index contributed by atoms with van der Waals surface area (Å²) in [6.45, 7) is 0. The Kier molecular flexibility index (Phi) is 5.07. The first kappa shape index (κ1) is 16.3. The molecule has 0 bridgehead atoms. The predicted molar refractivity (Wildman–Crippen MR) is 99.1 cm³/mol. The Morgan fingerprint density at radius 2 is 1.16 bits per heavy atom. The molecule has 0 aromatic heterocycles. The number of azo groups is 1. The molecule has 3 aromatic carbocycles. The van der Waals surface area contributed by atoms with E-state index in [0.717, 1.165) is 22.5 Å². The molecule has 5 nitrogen and oxygen atoms in total. The molecule has 3 rings (SSSR count). The molecule has 0 unspecified atom stereocenters. The maximum Gasteiger partial charge on any atom is 0.269 e. The lowest BCUT2D eigenvalue weighted by molar-refractivity contribution is -0.384. The van der Waals surface area contributed by atoms with E-state index >= 15 is 0 Å². The van der Waals surface area contributed by atoms with Gasteiger partial charge in [0.25, 0.3) is 5.69 Å². The highest BCUT2D eigenvalue weighted by atomic mass is 16.6. The van der Waals surface area contributed by atoms with Crippen LogP contribution in [-0.2, 0) is 0 Å². The molecule has 0 N–H and O–H groups in total. The number of hydrogen-bond acceptors (Lipinski definition) is 4. The zero-order chi connectivity index (χ0) is 17.5. The van der Waals surface area contributed by atoms with Crippen LogP contribution >= 0.6 is 0 Å². The topological polar surface area (TPSA) is 67.9 Å². The summed E-state index contributed by atoms with van der Waals surface area (Å²) in [7, 11) is 0. The maximum absolute atomic E-state index is 10.6. The van der Waals surface area contributed by atoms with Gasteiger partial charge in [0.2, 0.25) is 0 Å². The van der Waals surface area contributed by atoms with Gasteiger partial charge in [0.15, 0.2) is 0 Å². The fourth-order valence-electron chi connectivity index (χ4n) is 2.16. The van der Waals surface area contributed by atoms with Crippen LogP contribution in [0.1, 0.15) is 11.1 Å². The monoisotopic (exact) mass is 329 g/mol. The Hall–Kier alpha value is -3.60. The summed E-state index contributed by atoms with van der Waals surface area (Å²) in [6.07, 6.45) is 3.85. The molecule has 0 heterocycles. The van der Waals surface area contributed by atoms with Gasteiger partial charge in [0.05, 0.1) is 16.3 Å². The average molecular weight is 329 g/mol. The van der Waals surface area contributed by atoms with E-state index in [1.807, 2.05) is 66.7 Å². The molecule has 5 heteroatoms. The van der Waals surface area contributed by atoms with E-state index in [-0.39, 0.29) is 5.69 Å². The van der Waals surface area contributed by atoms with Crippen LogP contribution in [0.2, 0.25) is 0 Å². The summed E-state index contributed by atoms with van der Waals surface area (Å²) < 4.78 is 0. The van der Waals surface area contributed by atoms with Crippen molar-refractivity contribution in [1.82, 2.24) is 0 Å². The van der Waals surface area contributed by atoms with Crippen LogP contribution in [0.5, 0.6) is 0 Å². The van der Waals surface area contributed by atoms with Crippen molar-refractivity contribution in [3.05, 3.63) is 100 Å². The second-order valence-electron chi connectivity index (χ2n) is 5.31. The van der Waals surface area contributed by atoms with Gasteiger partial charge < -0.3 is 0 Å². The Morgan fingerprint density at radius 3 is 1.68 bits per heavy atom. The quantitative estimate of drug-likeness (QED) is 0.243. The number of hydrogen-bond donors (Lipinski definition) is 0. The van der Waals surface area contributed by atoms with E-state index in [2.05, 4.69) is 10.2 Å². The van der Waals surface area contributed by atoms with Crippen molar-refractivity contribution in [2.24, 2.45) is 10.2 Å². The molecule has 0 aliphatic carbocycles. The van der Waals surface area contributed by atoms with E-state index in [1.165, 1.54) is 12.1 Å². The molecule has 0 saturated heterocycles. The molecular formula is C20H15N3O2. The Morgan fingerprint density at radius 1 is 0.680 bits per heavy atom. The minimum absolute atomic E-state index is 0.0882. The zero-order valence-corrected chi connectivity index (χ0v) is 13.3. The van der Waals surface area contributed by atoms with Crippen LogP contribution in [0.15, 0.2) is 89.1 Å². The normalized spacial score (nSPS) is 11.2. The summed E-state index contributed by atoms with van der Waals surface area (Å²) in [6, 6.07) is 23.7. The molecule has 0 aliphatic heterocycles. The SMILES string of the molecule is O=[N+]([O-])c1ccc(C=Cc2ccc(N=Nc3ccccc3)cc2)cc1. The van der Waals surface area contributed by atoms with Crippen LogP contribution in [0.3, 0.4) is 0 Å². The second-order valence-corrected chi connectivity index (χ2v) is 5.31. The molecule has 0 radical (unpaired) electrons. The van der Waals surface area contributed by atoms with E-state index in [4.69, 9.17) is 0 Å². The summed E-state index contributed by atoms with van der Waals surface area (Å²) in [5.41, 5.74) is 3.58. The molecule has 0 saturated carbocycles. The molecule has 0 fully saturated rings. The number of non-ortho nitro benzene ring substituents is 1. The van der Waals surface area contributed by atoms with Gasteiger partial charge >= 0.3 is 0 Å². The third-order valence-electron chi connectivity index (χ3n) is 3.50. The van der Waals surface area contributed by atoms with Gasteiger partial charge in [-0.1, -0.05) is 42.5 Å². The standard InChI is InChI=1S/C20H15N3O2/c24-23(25)20-14-10-17(11-15-20)7-6-16-8-12-19(13-9-16)22-21-18-4-2-1-3-5-18/h1-15H. The van der Waals surface area contributed by atoms with Crippen LogP contribution in [0.25, 0.3) is 12.2 Å². The largest absolute Gasteiger partial charge is 0.269 e. The summed E-state index contributed by atoms with van der Waals surface area (Å²) in [4.78, 5) is 10.2. The van der Waals surface area contributed by atoms with Gasteiger partial charge in [0.1, 0.15) is 0 Å². The van der Waals surface area contributed by atoms with Crippen LogP contribution in [-0.4, -0.2) is 4.92 Å². The number of nitrogens with zero attached hydrogens (tertiary/aromatic N) is 3. The first-order valence-electron chi connectivity index (χ1n) is 7.70. The van der Waals surface area contributed by atoms with Crippen molar-refractivity contribution < 1.29 is 4.92 Å².